The van der Waals surface area contributed by atoms with Gasteiger partial charge in [0.15, 0.2) is 9.84 Å². The van der Waals surface area contributed by atoms with Gasteiger partial charge in [0.2, 0.25) is 0 Å². The molecule has 0 saturated carbocycles. The van der Waals surface area contributed by atoms with Gasteiger partial charge in [-0.2, -0.15) is 0 Å². The van der Waals surface area contributed by atoms with Gasteiger partial charge < -0.3 is 5.11 Å². The molecule has 6 heteroatoms. The number of hydrogen-bond donors (Lipinski definition) is 1. The third-order valence-corrected chi connectivity index (χ3v) is 5.29. The van der Waals surface area contributed by atoms with Gasteiger partial charge in [0.05, 0.1) is 22.2 Å². The van der Waals surface area contributed by atoms with Crippen LogP contribution >= 0.6 is 11.3 Å². The van der Waals surface area contributed by atoms with Crippen LogP contribution in [0, 0.1) is 5.92 Å². The summed E-state index contributed by atoms with van der Waals surface area (Å²) in [6.07, 6.45) is 0. The monoisotopic (exact) mass is 277 g/mol. The highest BCUT2D eigenvalue weighted by molar-refractivity contribution is 7.90. The highest BCUT2D eigenvalue weighted by Gasteiger charge is 2.18. The molecule has 1 aromatic rings. The lowest BCUT2D eigenvalue weighted by Gasteiger charge is -2.07. The minimum atomic E-state index is -3.17. The minimum absolute atomic E-state index is 0.0119. The fourth-order valence-electron chi connectivity index (χ4n) is 1.42. The second-order valence-corrected chi connectivity index (χ2v) is 7.67. The van der Waals surface area contributed by atoms with Crippen molar-refractivity contribution in [2.45, 2.75) is 32.4 Å². The van der Waals surface area contributed by atoms with Crippen molar-refractivity contribution < 1.29 is 13.5 Å². The van der Waals surface area contributed by atoms with Gasteiger partial charge in [-0.1, -0.05) is 20.8 Å². The number of aliphatic hydroxyl groups is 1. The van der Waals surface area contributed by atoms with Crippen LogP contribution in [0.3, 0.4) is 0 Å². The first-order valence-electron chi connectivity index (χ1n) is 5.59. The van der Waals surface area contributed by atoms with E-state index in [9.17, 15) is 8.42 Å². The normalized spacial score (nSPS) is 14.2. The number of aliphatic hydroxyl groups excluding tert-OH is 1. The molecule has 0 radical (unpaired) electrons. The molecule has 0 saturated heterocycles. The predicted octanol–water partition coefficient (Wildman–Crippen LogP) is 1.81. The second-order valence-electron chi connectivity index (χ2n) is 4.67. The molecule has 4 nitrogen and oxygen atoms in total. The van der Waals surface area contributed by atoms with Crippen LogP contribution in [0.1, 0.15) is 37.4 Å². The van der Waals surface area contributed by atoms with E-state index < -0.39 is 9.84 Å². The zero-order chi connectivity index (χ0) is 13.1. The van der Waals surface area contributed by atoms with E-state index in [2.05, 4.69) is 4.98 Å². The van der Waals surface area contributed by atoms with E-state index in [-0.39, 0.29) is 24.0 Å². The molecule has 0 fully saturated rings. The van der Waals surface area contributed by atoms with Crippen molar-refractivity contribution >= 4 is 21.2 Å². The molecule has 0 aromatic carbocycles. The Morgan fingerprint density at radius 2 is 2.06 bits per heavy atom. The van der Waals surface area contributed by atoms with Crippen molar-refractivity contribution in [1.29, 1.82) is 0 Å². The summed E-state index contributed by atoms with van der Waals surface area (Å²) in [4.78, 5) is 4.30. The second kappa shape index (κ2) is 5.93. The van der Waals surface area contributed by atoms with Crippen molar-refractivity contribution in [2.75, 3.05) is 12.4 Å². The van der Waals surface area contributed by atoms with Crippen LogP contribution in [-0.4, -0.2) is 30.9 Å². The van der Waals surface area contributed by atoms with Crippen LogP contribution in [0.25, 0.3) is 0 Å². The lowest BCUT2D eigenvalue weighted by atomic mass is 10.2. The van der Waals surface area contributed by atoms with Gasteiger partial charge in [0.25, 0.3) is 0 Å². The van der Waals surface area contributed by atoms with E-state index in [1.165, 1.54) is 11.3 Å². The summed E-state index contributed by atoms with van der Waals surface area (Å²) in [7, 11) is -3.17. The zero-order valence-electron chi connectivity index (χ0n) is 10.4. The Morgan fingerprint density at radius 3 is 2.53 bits per heavy atom. The Hall–Kier alpha value is -0.460. The van der Waals surface area contributed by atoms with Crippen LogP contribution in [0.4, 0.5) is 0 Å². The molecule has 1 heterocycles. The molecular formula is C11H19NO3S2. The number of thiazole rings is 1. The summed E-state index contributed by atoms with van der Waals surface area (Å²) in [6.45, 7) is 5.68. The minimum Gasteiger partial charge on any atom is -0.396 e. The molecule has 0 aliphatic carbocycles. The summed E-state index contributed by atoms with van der Waals surface area (Å²) < 4.78 is 23.6. The molecule has 0 amide bonds. The zero-order valence-corrected chi connectivity index (χ0v) is 12.0. The van der Waals surface area contributed by atoms with Gasteiger partial charge in [-0.05, 0) is 5.92 Å². The number of nitrogens with zero attached hydrogens (tertiary/aromatic N) is 1. The average molecular weight is 277 g/mol. The van der Waals surface area contributed by atoms with Crippen LogP contribution in [0.5, 0.6) is 0 Å². The van der Waals surface area contributed by atoms with Crippen molar-refractivity contribution in [3.8, 4) is 0 Å². The van der Waals surface area contributed by atoms with Crippen molar-refractivity contribution in [2.24, 2.45) is 5.92 Å². The molecule has 1 rings (SSSR count). The number of aromatic nitrogens is 1. The molecule has 0 spiro atoms. The van der Waals surface area contributed by atoms with Gasteiger partial charge in [-0.15, -0.1) is 11.3 Å². The summed E-state index contributed by atoms with van der Waals surface area (Å²) >= 11 is 1.50. The topological polar surface area (TPSA) is 67.3 Å². The molecule has 0 aliphatic rings. The molecule has 0 bridgehead atoms. The van der Waals surface area contributed by atoms with E-state index in [1.807, 2.05) is 13.8 Å². The fraction of sp³-hybridized carbons (Fsp3) is 0.727. The molecule has 1 aromatic heterocycles. The Morgan fingerprint density at radius 1 is 1.41 bits per heavy atom. The average Bonchev–Trinajstić information content (AvgIpc) is 2.64. The predicted molar refractivity (Wildman–Crippen MR) is 69.9 cm³/mol. The van der Waals surface area contributed by atoms with E-state index in [0.717, 1.165) is 5.01 Å². The summed E-state index contributed by atoms with van der Waals surface area (Å²) in [5, 5.41) is 11.6. The number of hydrogen-bond acceptors (Lipinski definition) is 5. The fourth-order valence-corrected chi connectivity index (χ4v) is 4.05. The Balaban J connectivity index is 2.69. The highest BCUT2D eigenvalue weighted by atomic mass is 32.2. The standard InChI is InChI=1S/C11H19NO3S2/c1-8(2)11-12-10(5-16-11)7-17(14,15)6-9(3)4-13/h5,8-9,13H,4,6-7H2,1-3H3. The van der Waals surface area contributed by atoms with E-state index in [4.69, 9.17) is 5.11 Å². The van der Waals surface area contributed by atoms with E-state index in [0.29, 0.717) is 11.6 Å². The first-order valence-corrected chi connectivity index (χ1v) is 8.29. The molecule has 17 heavy (non-hydrogen) atoms. The molecule has 98 valence electrons. The third-order valence-electron chi connectivity index (χ3n) is 2.28. The maximum Gasteiger partial charge on any atom is 0.156 e. The van der Waals surface area contributed by atoms with Gasteiger partial charge in [0.1, 0.15) is 0 Å². The highest BCUT2D eigenvalue weighted by Crippen LogP contribution is 2.20. The van der Waals surface area contributed by atoms with Crippen molar-refractivity contribution in [3.05, 3.63) is 16.1 Å². The first-order chi connectivity index (χ1) is 7.84. The van der Waals surface area contributed by atoms with Crippen LogP contribution in [0.2, 0.25) is 0 Å². The molecule has 0 aliphatic heterocycles. The van der Waals surface area contributed by atoms with Crippen LogP contribution in [-0.2, 0) is 15.6 Å². The van der Waals surface area contributed by atoms with Gasteiger partial charge in [-0.3, -0.25) is 0 Å². The van der Waals surface area contributed by atoms with Gasteiger partial charge in [-0.25, -0.2) is 13.4 Å². The third kappa shape index (κ3) is 4.73. The molecule has 1 atom stereocenters. The Kier molecular flexibility index (Phi) is 5.09. The van der Waals surface area contributed by atoms with Crippen LogP contribution in [0.15, 0.2) is 5.38 Å². The molecule has 1 N–H and O–H groups in total. The Bertz CT molecular complexity index is 451. The lowest BCUT2D eigenvalue weighted by molar-refractivity contribution is 0.249. The SMILES string of the molecule is CC(CO)CS(=O)(=O)Cc1csc(C(C)C)n1. The van der Waals surface area contributed by atoms with Gasteiger partial charge >= 0.3 is 0 Å². The lowest BCUT2D eigenvalue weighted by Crippen LogP contribution is -2.18. The smallest absolute Gasteiger partial charge is 0.156 e. The van der Waals surface area contributed by atoms with E-state index >= 15 is 0 Å². The maximum absolute atomic E-state index is 11.8. The quantitative estimate of drug-likeness (QED) is 0.861. The molecule has 1 unspecified atom stereocenters. The first kappa shape index (κ1) is 14.6. The van der Waals surface area contributed by atoms with Gasteiger partial charge in [0, 0.05) is 17.9 Å². The maximum atomic E-state index is 11.8. The van der Waals surface area contributed by atoms with Crippen LogP contribution < -0.4 is 0 Å². The number of rotatable bonds is 6. The van der Waals surface area contributed by atoms with Crippen molar-refractivity contribution in [1.82, 2.24) is 4.98 Å². The summed E-state index contributed by atoms with van der Waals surface area (Å²) in [5.74, 6) is 0.0922. The molecular weight excluding hydrogens is 258 g/mol. The largest absolute Gasteiger partial charge is 0.396 e. The summed E-state index contributed by atoms with van der Waals surface area (Å²) in [6, 6.07) is 0. The van der Waals surface area contributed by atoms with Crippen molar-refractivity contribution in [3.63, 3.8) is 0 Å². The number of sulfone groups is 1. The van der Waals surface area contributed by atoms with E-state index in [1.54, 1.807) is 12.3 Å². The Labute approximate surface area is 107 Å². The summed E-state index contributed by atoms with van der Waals surface area (Å²) in [5.41, 5.74) is 0.615.